The summed E-state index contributed by atoms with van der Waals surface area (Å²) in [6.07, 6.45) is -6.03. The number of alkyl halides is 6. The Bertz CT molecular complexity index is 79.0. The van der Waals surface area contributed by atoms with Gasteiger partial charge in [-0.05, 0) is 31.9 Å². The quantitative estimate of drug-likeness (QED) is 0.508. The molecule has 0 aromatic rings. The molecule has 0 fully saturated rings. The molecule has 0 aromatic carbocycles. The second kappa shape index (κ2) is 2.74. The molecular weight excluding hydrogens is 272 g/mol. The molecule has 0 heterocycles. The lowest BCUT2D eigenvalue weighted by Crippen LogP contribution is -2.17. The predicted molar refractivity (Wildman–Crippen MR) is 32.4 cm³/mol. The van der Waals surface area contributed by atoms with Crippen LogP contribution in [-0.2, 0) is 0 Å². The van der Waals surface area contributed by atoms with Crippen molar-refractivity contribution in [3.8, 4) is 0 Å². The Hall–Kier alpha value is 0.680. The van der Waals surface area contributed by atoms with E-state index in [9.17, 15) is 17.6 Å². The Morgan fingerprint density at radius 1 is 1.00 bits per heavy atom. The highest BCUT2D eigenvalue weighted by Crippen LogP contribution is 2.39. The Balaban J connectivity index is 3.75. The summed E-state index contributed by atoms with van der Waals surface area (Å²) in [5.41, 5.74) is 0. The fraction of sp³-hybridized carbons (Fsp3) is 1.00. The molecule has 0 atom stereocenters. The van der Waals surface area contributed by atoms with E-state index < -0.39 is 16.1 Å². The van der Waals surface area contributed by atoms with E-state index in [1.54, 1.807) is 0 Å². The standard InChI is InChI=1S/C3H2Br2F4/c4-2(5,6)1-3(7,8)9/h1H2. The van der Waals surface area contributed by atoms with E-state index in [4.69, 9.17) is 0 Å². The summed E-state index contributed by atoms with van der Waals surface area (Å²) in [6, 6.07) is 0. The van der Waals surface area contributed by atoms with E-state index >= 15 is 0 Å². The summed E-state index contributed by atoms with van der Waals surface area (Å²) < 4.78 is 43.2. The summed E-state index contributed by atoms with van der Waals surface area (Å²) in [5, 5.41) is 0. The van der Waals surface area contributed by atoms with Crippen LogP contribution in [0.15, 0.2) is 0 Å². The maximum atomic E-state index is 12.0. The van der Waals surface area contributed by atoms with Crippen molar-refractivity contribution < 1.29 is 17.6 Å². The minimum Gasteiger partial charge on any atom is -0.218 e. The van der Waals surface area contributed by atoms with Gasteiger partial charge >= 0.3 is 6.18 Å². The molecule has 0 unspecified atom stereocenters. The highest BCUT2D eigenvalue weighted by Gasteiger charge is 2.39. The zero-order chi connectivity index (χ0) is 7.71. The van der Waals surface area contributed by atoms with Gasteiger partial charge in [0.1, 0.15) is 0 Å². The summed E-state index contributed by atoms with van der Waals surface area (Å²) in [7, 11) is 0. The lowest BCUT2D eigenvalue weighted by atomic mass is 10.5. The van der Waals surface area contributed by atoms with Gasteiger partial charge in [0.05, 0.1) is 6.42 Å². The smallest absolute Gasteiger partial charge is 0.218 e. The van der Waals surface area contributed by atoms with Crippen molar-refractivity contribution in [1.29, 1.82) is 0 Å². The third-order valence-electron chi connectivity index (χ3n) is 0.401. The topological polar surface area (TPSA) is 0 Å². The number of hydrogen-bond donors (Lipinski definition) is 0. The molecule has 0 spiro atoms. The normalized spacial score (nSPS) is 14.0. The van der Waals surface area contributed by atoms with Gasteiger partial charge in [-0.2, -0.15) is 13.2 Å². The van der Waals surface area contributed by atoms with E-state index in [-0.39, 0.29) is 0 Å². The molecule has 0 aliphatic rings. The van der Waals surface area contributed by atoms with Crippen LogP contribution in [0.3, 0.4) is 0 Å². The Morgan fingerprint density at radius 2 is 1.33 bits per heavy atom. The van der Waals surface area contributed by atoms with Crippen LogP contribution in [0.25, 0.3) is 0 Å². The Morgan fingerprint density at radius 3 is 1.33 bits per heavy atom. The zero-order valence-corrected chi connectivity index (χ0v) is 7.15. The highest BCUT2D eigenvalue weighted by atomic mass is 79.9. The minimum absolute atomic E-state index is 1.54. The monoisotopic (exact) mass is 272 g/mol. The van der Waals surface area contributed by atoms with Crippen LogP contribution >= 0.6 is 31.9 Å². The second-order valence-corrected chi connectivity index (χ2v) is 4.99. The van der Waals surface area contributed by atoms with Gasteiger partial charge in [-0.3, -0.25) is 0 Å². The van der Waals surface area contributed by atoms with Crippen LogP contribution in [0, 0.1) is 0 Å². The van der Waals surface area contributed by atoms with E-state index in [0.29, 0.717) is 0 Å². The van der Waals surface area contributed by atoms with Gasteiger partial charge in [0, 0.05) is 0 Å². The highest BCUT2D eigenvalue weighted by molar-refractivity contribution is 9.25. The lowest BCUT2D eigenvalue weighted by molar-refractivity contribution is -0.141. The fourth-order valence-electron chi connectivity index (χ4n) is 0.227. The third kappa shape index (κ3) is 8.68. The number of rotatable bonds is 1. The third-order valence-corrected chi connectivity index (χ3v) is 0.962. The molecule has 0 saturated heterocycles. The molecular formula is C3H2Br2F4. The van der Waals surface area contributed by atoms with Crippen LogP contribution in [0.2, 0.25) is 0 Å². The van der Waals surface area contributed by atoms with E-state index in [1.165, 1.54) is 0 Å². The van der Waals surface area contributed by atoms with Crippen molar-refractivity contribution in [1.82, 2.24) is 0 Å². The molecule has 0 aromatic heterocycles. The predicted octanol–water partition coefficient (Wildman–Crippen LogP) is 3.35. The molecule has 0 saturated carbocycles. The number of halogens is 6. The van der Waals surface area contributed by atoms with Gasteiger partial charge in [-0.25, -0.2) is 4.39 Å². The molecule has 0 aliphatic heterocycles. The van der Waals surface area contributed by atoms with E-state index in [1.807, 2.05) is 0 Å². The van der Waals surface area contributed by atoms with Crippen molar-refractivity contribution >= 4 is 31.9 Å². The van der Waals surface area contributed by atoms with E-state index in [2.05, 4.69) is 31.9 Å². The Kier molecular flexibility index (Phi) is 2.94. The van der Waals surface area contributed by atoms with Crippen LogP contribution in [0.5, 0.6) is 0 Å². The first-order valence-electron chi connectivity index (χ1n) is 1.84. The first-order valence-corrected chi connectivity index (χ1v) is 3.43. The lowest BCUT2D eigenvalue weighted by Gasteiger charge is -2.11. The molecule has 9 heavy (non-hydrogen) atoms. The van der Waals surface area contributed by atoms with Crippen molar-refractivity contribution in [3.05, 3.63) is 0 Å². The maximum absolute atomic E-state index is 12.0. The molecule has 0 nitrogen and oxygen atoms in total. The molecule has 56 valence electrons. The van der Waals surface area contributed by atoms with Gasteiger partial charge < -0.3 is 0 Å². The minimum atomic E-state index is -4.48. The summed E-state index contributed by atoms with van der Waals surface area (Å²) in [4.78, 5) is 0. The maximum Gasteiger partial charge on any atom is 0.393 e. The van der Waals surface area contributed by atoms with Crippen molar-refractivity contribution in [3.63, 3.8) is 0 Å². The first kappa shape index (κ1) is 9.68. The van der Waals surface area contributed by atoms with Crippen LogP contribution in [0.1, 0.15) is 6.42 Å². The van der Waals surface area contributed by atoms with Gasteiger partial charge in [-0.1, -0.05) is 0 Å². The van der Waals surface area contributed by atoms with Crippen LogP contribution in [0.4, 0.5) is 17.6 Å². The van der Waals surface area contributed by atoms with Crippen LogP contribution in [-0.4, -0.2) is 9.66 Å². The summed E-state index contributed by atoms with van der Waals surface area (Å²) >= 11 is 4.29. The average Bonchev–Trinajstić information content (AvgIpc) is 1.14. The first-order chi connectivity index (χ1) is 3.71. The van der Waals surface area contributed by atoms with Gasteiger partial charge in [0.25, 0.3) is 0 Å². The molecule has 0 aliphatic carbocycles. The van der Waals surface area contributed by atoms with Crippen molar-refractivity contribution in [2.24, 2.45) is 0 Å². The molecule has 0 radical (unpaired) electrons. The molecule has 0 bridgehead atoms. The SMILES string of the molecule is FC(F)(F)CC(F)(Br)Br. The summed E-state index contributed by atoms with van der Waals surface area (Å²) in [6.45, 7) is 0. The van der Waals surface area contributed by atoms with Gasteiger partial charge in [0.2, 0.25) is 3.49 Å². The van der Waals surface area contributed by atoms with Crippen molar-refractivity contribution in [2.45, 2.75) is 16.1 Å². The summed E-state index contributed by atoms with van der Waals surface area (Å²) in [5.74, 6) is 0. The largest absolute Gasteiger partial charge is 0.393 e. The van der Waals surface area contributed by atoms with Gasteiger partial charge in [0.15, 0.2) is 0 Å². The van der Waals surface area contributed by atoms with Crippen LogP contribution < -0.4 is 0 Å². The molecule has 0 rings (SSSR count). The molecule has 0 N–H and O–H groups in total. The zero-order valence-electron chi connectivity index (χ0n) is 3.97. The number of hydrogen-bond acceptors (Lipinski definition) is 0. The van der Waals surface area contributed by atoms with Crippen molar-refractivity contribution in [2.75, 3.05) is 0 Å². The average molecular weight is 274 g/mol. The Labute approximate surface area is 65.9 Å². The molecule has 6 heteroatoms. The fourth-order valence-corrected chi connectivity index (χ4v) is 0.863. The molecule has 0 amide bonds. The van der Waals surface area contributed by atoms with Gasteiger partial charge in [-0.15, -0.1) is 0 Å². The van der Waals surface area contributed by atoms with E-state index in [0.717, 1.165) is 0 Å². The second-order valence-electron chi connectivity index (χ2n) is 1.41.